The molecule has 0 aliphatic heterocycles. The van der Waals surface area contributed by atoms with Gasteiger partial charge in [-0.1, -0.05) is 12.1 Å². The summed E-state index contributed by atoms with van der Waals surface area (Å²) in [6.07, 6.45) is 1.76. The van der Waals surface area contributed by atoms with Crippen molar-refractivity contribution in [3.63, 3.8) is 0 Å². The number of carbonyl (C=O) groups excluding carboxylic acids is 2. The van der Waals surface area contributed by atoms with E-state index in [2.05, 4.69) is 10.4 Å². The van der Waals surface area contributed by atoms with Gasteiger partial charge in [0, 0.05) is 23.2 Å². The van der Waals surface area contributed by atoms with Crippen LogP contribution < -0.4 is 11.1 Å². The van der Waals surface area contributed by atoms with Crippen LogP contribution in [0.3, 0.4) is 0 Å². The van der Waals surface area contributed by atoms with Crippen LogP contribution in [0.1, 0.15) is 41.5 Å². The van der Waals surface area contributed by atoms with E-state index in [0.29, 0.717) is 5.56 Å². The van der Waals surface area contributed by atoms with Crippen LogP contribution in [0.15, 0.2) is 35.4 Å². The van der Waals surface area contributed by atoms with Gasteiger partial charge in [-0.2, -0.15) is 5.10 Å². The van der Waals surface area contributed by atoms with E-state index in [4.69, 9.17) is 5.73 Å². The molecule has 1 heterocycles. The van der Waals surface area contributed by atoms with Crippen molar-refractivity contribution in [3.05, 3.63) is 47.3 Å². The van der Waals surface area contributed by atoms with Crippen LogP contribution in [-0.2, 0) is 11.8 Å². The molecule has 0 unspecified atom stereocenters. The van der Waals surface area contributed by atoms with Crippen LogP contribution in [0.4, 0.5) is 0 Å². The highest BCUT2D eigenvalue weighted by Crippen LogP contribution is 2.27. The maximum absolute atomic E-state index is 12.7. The Balaban J connectivity index is 2.18. The second kappa shape index (κ2) is 7.53. The number of aromatic nitrogens is 2. The molecule has 3 N–H and O–H groups in total. The van der Waals surface area contributed by atoms with Gasteiger partial charge in [-0.15, -0.1) is 11.8 Å². The number of primary amides is 1. The number of amides is 2. The van der Waals surface area contributed by atoms with Crippen molar-refractivity contribution in [2.75, 3.05) is 0 Å². The van der Waals surface area contributed by atoms with Crippen molar-refractivity contribution < 1.29 is 9.59 Å². The quantitative estimate of drug-likeness (QED) is 0.785. The first kappa shape index (κ1) is 18.1. The lowest BCUT2D eigenvalue weighted by molar-refractivity contribution is -0.117. The number of rotatable bonds is 6. The summed E-state index contributed by atoms with van der Waals surface area (Å²) in [6, 6.07) is 7.03. The molecular weight excluding hydrogens is 324 g/mol. The molecule has 0 bridgehead atoms. The van der Waals surface area contributed by atoms with Gasteiger partial charge in [0.05, 0.1) is 23.1 Å². The summed E-state index contributed by atoms with van der Waals surface area (Å²) in [5.74, 6) is -0.597. The minimum atomic E-state index is -0.408. The second-order valence-corrected chi connectivity index (χ2v) is 7.05. The van der Waals surface area contributed by atoms with E-state index >= 15 is 0 Å². The molecule has 7 heteroatoms. The van der Waals surface area contributed by atoms with Crippen molar-refractivity contribution in [1.82, 2.24) is 15.1 Å². The normalized spacial score (nSPS) is 13.3. The molecule has 1 aromatic heterocycles. The molecule has 128 valence electrons. The third kappa shape index (κ3) is 3.97. The predicted molar refractivity (Wildman–Crippen MR) is 94.8 cm³/mol. The first-order chi connectivity index (χ1) is 11.3. The van der Waals surface area contributed by atoms with E-state index < -0.39 is 11.2 Å². The average molecular weight is 346 g/mol. The summed E-state index contributed by atoms with van der Waals surface area (Å²) in [5, 5.41) is 6.79. The average Bonchev–Trinajstić information content (AvgIpc) is 2.87. The van der Waals surface area contributed by atoms with Gasteiger partial charge in [0.15, 0.2) is 0 Å². The van der Waals surface area contributed by atoms with Gasteiger partial charge in [0.1, 0.15) is 0 Å². The number of nitrogens with one attached hydrogen (secondary N) is 1. The summed E-state index contributed by atoms with van der Waals surface area (Å²) in [4.78, 5) is 24.7. The van der Waals surface area contributed by atoms with E-state index in [-0.39, 0.29) is 11.9 Å². The van der Waals surface area contributed by atoms with E-state index in [1.807, 2.05) is 33.0 Å². The molecule has 6 nitrogen and oxygen atoms in total. The minimum Gasteiger partial charge on any atom is -0.369 e. The molecular formula is C17H22N4O2S. The fraction of sp³-hybridized carbons (Fsp3) is 0.353. The third-order valence-corrected chi connectivity index (χ3v) is 5.12. The molecule has 0 aliphatic carbocycles. The van der Waals surface area contributed by atoms with Gasteiger partial charge in [0.2, 0.25) is 5.91 Å². The molecule has 2 rings (SSSR count). The summed E-state index contributed by atoms with van der Waals surface area (Å²) in [7, 11) is 1.87. The number of hydrogen-bond acceptors (Lipinski definition) is 4. The topological polar surface area (TPSA) is 90.0 Å². The molecule has 0 fully saturated rings. The summed E-state index contributed by atoms with van der Waals surface area (Å²) in [5.41, 5.74) is 7.83. The summed E-state index contributed by atoms with van der Waals surface area (Å²) >= 11 is 1.28. The van der Waals surface area contributed by atoms with Gasteiger partial charge < -0.3 is 11.1 Å². The van der Waals surface area contributed by atoms with Crippen LogP contribution in [0, 0.1) is 6.92 Å². The van der Waals surface area contributed by atoms with Gasteiger partial charge in [-0.3, -0.25) is 14.3 Å². The van der Waals surface area contributed by atoms with Gasteiger partial charge in [0.25, 0.3) is 5.91 Å². The van der Waals surface area contributed by atoms with Crippen LogP contribution in [0.2, 0.25) is 0 Å². The number of nitrogens with zero attached hydrogens (tertiary/aromatic N) is 2. The zero-order chi connectivity index (χ0) is 17.9. The number of thioether (sulfide) groups is 1. The number of hydrogen-bond donors (Lipinski definition) is 2. The van der Waals surface area contributed by atoms with Crippen molar-refractivity contribution in [1.29, 1.82) is 0 Å². The van der Waals surface area contributed by atoms with Crippen LogP contribution in [0.5, 0.6) is 0 Å². The SMILES string of the molecule is Cc1c([C@H](C)NC(=O)c2ccccc2S[C@H](C)C(N)=O)cnn1C. The van der Waals surface area contributed by atoms with E-state index in [1.54, 1.807) is 29.9 Å². The highest BCUT2D eigenvalue weighted by atomic mass is 32.2. The molecule has 24 heavy (non-hydrogen) atoms. The Labute approximate surface area is 145 Å². The maximum atomic E-state index is 12.7. The Morgan fingerprint density at radius 1 is 1.29 bits per heavy atom. The predicted octanol–water partition coefficient (Wildman–Crippen LogP) is 2.19. The number of carbonyl (C=O) groups is 2. The van der Waals surface area contributed by atoms with Crippen molar-refractivity contribution in [2.45, 2.75) is 37.0 Å². The Morgan fingerprint density at radius 3 is 2.54 bits per heavy atom. The van der Waals surface area contributed by atoms with E-state index in [1.165, 1.54) is 11.8 Å². The molecule has 1 aromatic carbocycles. The monoisotopic (exact) mass is 346 g/mol. The Kier molecular flexibility index (Phi) is 5.66. The maximum Gasteiger partial charge on any atom is 0.252 e. The first-order valence-corrected chi connectivity index (χ1v) is 8.53. The summed E-state index contributed by atoms with van der Waals surface area (Å²) in [6.45, 7) is 5.61. The van der Waals surface area contributed by atoms with Crippen LogP contribution in [-0.4, -0.2) is 26.8 Å². The number of benzene rings is 1. The molecule has 2 aromatic rings. The summed E-state index contributed by atoms with van der Waals surface area (Å²) < 4.78 is 1.77. The van der Waals surface area contributed by atoms with Gasteiger partial charge >= 0.3 is 0 Å². The molecule has 2 atom stereocenters. The molecule has 0 spiro atoms. The lowest BCUT2D eigenvalue weighted by Crippen LogP contribution is -2.28. The molecule has 0 radical (unpaired) electrons. The second-order valence-electron chi connectivity index (χ2n) is 5.66. The minimum absolute atomic E-state index is 0.169. The Hall–Kier alpha value is -2.28. The smallest absolute Gasteiger partial charge is 0.252 e. The largest absolute Gasteiger partial charge is 0.369 e. The highest BCUT2D eigenvalue weighted by molar-refractivity contribution is 8.00. The standard InChI is InChI=1S/C17H22N4O2S/c1-10(14-9-19-21(4)11(14)2)20-17(23)13-7-5-6-8-15(13)24-12(3)16(18)22/h5-10,12H,1-4H3,(H2,18,22)(H,20,23)/t10-,12+/m0/s1. The van der Waals surface area contributed by atoms with E-state index in [0.717, 1.165) is 16.2 Å². The third-order valence-electron chi connectivity index (χ3n) is 3.92. The van der Waals surface area contributed by atoms with Crippen molar-refractivity contribution >= 4 is 23.6 Å². The lowest BCUT2D eigenvalue weighted by Gasteiger charge is -2.16. The lowest BCUT2D eigenvalue weighted by atomic mass is 10.1. The van der Waals surface area contributed by atoms with Crippen molar-refractivity contribution in [2.24, 2.45) is 12.8 Å². The molecule has 0 saturated carbocycles. The van der Waals surface area contributed by atoms with E-state index in [9.17, 15) is 9.59 Å². The van der Waals surface area contributed by atoms with Gasteiger partial charge in [-0.25, -0.2) is 0 Å². The first-order valence-electron chi connectivity index (χ1n) is 7.65. The number of aryl methyl sites for hydroxylation is 1. The van der Waals surface area contributed by atoms with Crippen LogP contribution >= 0.6 is 11.8 Å². The molecule has 0 saturated heterocycles. The molecule has 0 aliphatic rings. The zero-order valence-electron chi connectivity index (χ0n) is 14.2. The fourth-order valence-electron chi connectivity index (χ4n) is 2.30. The zero-order valence-corrected chi connectivity index (χ0v) is 15.1. The Bertz CT molecular complexity index is 757. The Morgan fingerprint density at radius 2 is 1.96 bits per heavy atom. The number of nitrogens with two attached hydrogens (primary N) is 1. The molecule has 2 amide bonds. The van der Waals surface area contributed by atoms with Gasteiger partial charge in [-0.05, 0) is 32.9 Å². The highest BCUT2D eigenvalue weighted by Gasteiger charge is 2.19. The van der Waals surface area contributed by atoms with Crippen LogP contribution in [0.25, 0.3) is 0 Å². The fourth-order valence-corrected chi connectivity index (χ4v) is 3.24. The van der Waals surface area contributed by atoms with Crippen molar-refractivity contribution in [3.8, 4) is 0 Å².